The van der Waals surface area contributed by atoms with Gasteiger partial charge in [0, 0.05) is 12.7 Å². The molecule has 1 aromatic heterocycles. The van der Waals surface area contributed by atoms with E-state index in [1.807, 2.05) is 0 Å². The van der Waals surface area contributed by atoms with Crippen LogP contribution in [0.2, 0.25) is 0 Å². The molecule has 0 saturated heterocycles. The highest BCUT2D eigenvalue weighted by Gasteiger charge is 2.15. The quantitative estimate of drug-likeness (QED) is 0.779. The predicted octanol–water partition coefficient (Wildman–Crippen LogP) is 0.450. The van der Waals surface area contributed by atoms with E-state index >= 15 is 0 Å². The van der Waals surface area contributed by atoms with Crippen molar-refractivity contribution in [1.82, 2.24) is 9.88 Å². The Hall–Kier alpha value is -1.18. The normalized spacial score (nSPS) is 11.8. The molecule has 0 aromatic carbocycles. The fourth-order valence-electron chi connectivity index (χ4n) is 1.51. The molecule has 2 N–H and O–H groups in total. The smallest absolute Gasteiger partial charge is 0.243 e. The zero-order valence-electron chi connectivity index (χ0n) is 10.7. The van der Waals surface area contributed by atoms with E-state index in [4.69, 9.17) is 9.88 Å². The predicted molar refractivity (Wildman–Crippen MR) is 68.9 cm³/mol. The molecule has 0 aliphatic carbocycles. The summed E-state index contributed by atoms with van der Waals surface area (Å²) in [6.45, 7) is 7.04. The van der Waals surface area contributed by atoms with Crippen molar-refractivity contribution in [1.29, 1.82) is 0 Å². The number of nitrogens with zero attached hydrogens (tertiary/aromatic N) is 2. The van der Waals surface area contributed by atoms with Gasteiger partial charge in [0.1, 0.15) is 11.5 Å². The van der Waals surface area contributed by atoms with Crippen LogP contribution >= 0.6 is 0 Å². The molecule has 0 saturated carbocycles. The van der Waals surface area contributed by atoms with Gasteiger partial charge in [0.2, 0.25) is 15.9 Å². The lowest BCUT2D eigenvalue weighted by molar-refractivity contribution is 0.214. The minimum absolute atomic E-state index is 0.0622. The minimum atomic E-state index is -3.80. The second kappa shape index (κ2) is 6.67. The Labute approximate surface area is 108 Å². The molecule has 1 heterocycles. The van der Waals surface area contributed by atoms with Crippen molar-refractivity contribution in [3.63, 3.8) is 0 Å². The molecule has 0 amide bonds. The molecule has 102 valence electrons. The Morgan fingerprint density at radius 2 is 2.06 bits per heavy atom. The zero-order valence-corrected chi connectivity index (χ0v) is 11.5. The Balaban J connectivity index is 2.68. The van der Waals surface area contributed by atoms with Crippen LogP contribution in [0.4, 0.5) is 0 Å². The molecular formula is C11H19N3O3S. The maximum atomic E-state index is 11.3. The van der Waals surface area contributed by atoms with Crippen molar-refractivity contribution in [2.24, 2.45) is 5.14 Å². The minimum Gasteiger partial charge on any atom is -0.475 e. The average Bonchev–Trinajstić information content (AvgIpc) is 2.34. The van der Waals surface area contributed by atoms with E-state index in [0.29, 0.717) is 13.2 Å². The topological polar surface area (TPSA) is 85.5 Å². The van der Waals surface area contributed by atoms with Crippen LogP contribution in [0.1, 0.15) is 13.8 Å². The molecule has 6 nitrogen and oxygen atoms in total. The third-order valence-electron chi connectivity index (χ3n) is 2.58. The van der Waals surface area contributed by atoms with Crippen LogP contribution in [0.5, 0.6) is 5.88 Å². The first-order valence-corrected chi connectivity index (χ1v) is 7.36. The van der Waals surface area contributed by atoms with Gasteiger partial charge in [-0.15, -0.1) is 0 Å². The van der Waals surface area contributed by atoms with Crippen LogP contribution in [-0.4, -0.2) is 44.5 Å². The molecule has 0 fully saturated rings. The van der Waals surface area contributed by atoms with Crippen LogP contribution in [0.15, 0.2) is 23.2 Å². The van der Waals surface area contributed by atoms with Gasteiger partial charge in [0.25, 0.3) is 0 Å². The summed E-state index contributed by atoms with van der Waals surface area (Å²) >= 11 is 0. The van der Waals surface area contributed by atoms with E-state index in [9.17, 15) is 8.42 Å². The van der Waals surface area contributed by atoms with Gasteiger partial charge in [-0.2, -0.15) is 0 Å². The molecule has 0 aliphatic rings. The summed E-state index contributed by atoms with van der Waals surface area (Å²) in [4.78, 5) is 5.98. The molecule has 0 unspecified atom stereocenters. The molecule has 0 aliphatic heterocycles. The van der Waals surface area contributed by atoms with Gasteiger partial charge in [-0.3, -0.25) is 0 Å². The SMILES string of the molecule is CCN(CC)CCOc1ncccc1S(N)(=O)=O. The first kappa shape index (κ1) is 14.9. The number of sulfonamides is 1. The Kier molecular flexibility index (Phi) is 5.52. The monoisotopic (exact) mass is 273 g/mol. The number of nitrogens with two attached hydrogens (primary N) is 1. The molecule has 0 atom stereocenters. The second-order valence-corrected chi connectivity index (χ2v) is 5.26. The first-order chi connectivity index (χ1) is 8.49. The number of hydrogen-bond donors (Lipinski definition) is 1. The Morgan fingerprint density at radius 1 is 1.39 bits per heavy atom. The number of likely N-dealkylation sites (N-methyl/N-ethyl adjacent to an activating group) is 1. The van der Waals surface area contributed by atoms with E-state index in [1.165, 1.54) is 18.3 Å². The van der Waals surface area contributed by atoms with Gasteiger partial charge in [-0.05, 0) is 25.2 Å². The van der Waals surface area contributed by atoms with Gasteiger partial charge in [0.05, 0.1) is 0 Å². The summed E-state index contributed by atoms with van der Waals surface area (Å²) in [6, 6.07) is 2.89. The zero-order chi connectivity index (χ0) is 13.6. The van der Waals surface area contributed by atoms with Crippen molar-refractivity contribution in [3.05, 3.63) is 18.3 Å². The maximum Gasteiger partial charge on any atom is 0.243 e. The Bertz CT molecular complexity index is 472. The van der Waals surface area contributed by atoms with Crippen LogP contribution in [0.3, 0.4) is 0 Å². The molecular weight excluding hydrogens is 254 g/mol. The first-order valence-electron chi connectivity index (χ1n) is 5.82. The van der Waals surface area contributed by atoms with E-state index < -0.39 is 10.0 Å². The van der Waals surface area contributed by atoms with Gasteiger partial charge in [-0.1, -0.05) is 13.8 Å². The van der Waals surface area contributed by atoms with Crippen molar-refractivity contribution in [2.45, 2.75) is 18.7 Å². The number of pyridine rings is 1. The van der Waals surface area contributed by atoms with Crippen LogP contribution in [0, 0.1) is 0 Å². The standard InChI is InChI=1S/C11H19N3O3S/c1-3-14(4-2)8-9-17-11-10(18(12,15)16)6-5-7-13-11/h5-7H,3-4,8-9H2,1-2H3,(H2,12,15,16). The highest BCUT2D eigenvalue weighted by atomic mass is 32.2. The number of ether oxygens (including phenoxy) is 1. The van der Waals surface area contributed by atoms with Crippen molar-refractivity contribution >= 4 is 10.0 Å². The Morgan fingerprint density at radius 3 is 2.61 bits per heavy atom. The molecule has 18 heavy (non-hydrogen) atoms. The lowest BCUT2D eigenvalue weighted by atomic mass is 10.5. The lowest BCUT2D eigenvalue weighted by Gasteiger charge is -2.18. The third kappa shape index (κ3) is 4.25. The van der Waals surface area contributed by atoms with E-state index in [-0.39, 0.29) is 10.8 Å². The van der Waals surface area contributed by atoms with Crippen molar-refractivity contribution in [3.8, 4) is 5.88 Å². The van der Waals surface area contributed by atoms with E-state index in [1.54, 1.807) is 0 Å². The largest absolute Gasteiger partial charge is 0.475 e. The van der Waals surface area contributed by atoms with E-state index in [0.717, 1.165) is 13.1 Å². The summed E-state index contributed by atoms with van der Waals surface area (Å²) in [5.41, 5.74) is 0. The fraction of sp³-hybridized carbons (Fsp3) is 0.545. The van der Waals surface area contributed by atoms with Crippen LogP contribution in [0.25, 0.3) is 0 Å². The number of rotatable bonds is 7. The van der Waals surface area contributed by atoms with Crippen molar-refractivity contribution < 1.29 is 13.2 Å². The molecule has 7 heteroatoms. The number of aromatic nitrogens is 1. The average molecular weight is 273 g/mol. The summed E-state index contributed by atoms with van der Waals surface area (Å²) in [7, 11) is -3.80. The molecule has 0 spiro atoms. The van der Waals surface area contributed by atoms with Gasteiger partial charge < -0.3 is 9.64 Å². The van der Waals surface area contributed by atoms with Crippen LogP contribution < -0.4 is 9.88 Å². The van der Waals surface area contributed by atoms with E-state index in [2.05, 4.69) is 23.7 Å². The molecule has 1 aromatic rings. The summed E-state index contributed by atoms with van der Waals surface area (Å²) < 4.78 is 28.0. The van der Waals surface area contributed by atoms with Crippen molar-refractivity contribution in [2.75, 3.05) is 26.2 Å². The summed E-state index contributed by atoms with van der Waals surface area (Å²) in [5.74, 6) is 0.0622. The maximum absolute atomic E-state index is 11.3. The molecule has 0 radical (unpaired) electrons. The van der Waals surface area contributed by atoms with Gasteiger partial charge in [-0.25, -0.2) is 18.5 Å². The lowest BCUT2D eigenvalue weighted by Crippen LogP contribution is -2.28. The van der Waals surface area contributed by atoms with Gasteiger partial charge in [0.15, 0.2) is 0 Å². The highest BCUT2D eigenvalue weighted by Crippen LogP contribution is 2.18. The van der Waals surface area contributed by atoms with Crippen LogP contribution in [-0.2, 0) is 10.0 Å². The fourth-order valence-corrected chi connectivity index (χ4v) is 2.14. The third-order valence-corrected chi connectivity index (χ3v) is 3.51. The second-order valence-electron chi connectivity index (χ2n) is 3.73. The molecule has 1 rings (SSSR count). The van der Waals surface area contributed by atoms with Gasteiger partial charge >= 0.3 is 0 Å². The summed E-state index contributed by atoms with van der Waals surface area (Å²) in [6.07, 6.45) is 1.47. The number of hydrogen-bond acceptors (Lipinski definition) is 5. The molecule has 0 bridgehead atoms. The summed E-state index contributed by atoms with van der Waals surface area (Å²) in [5, 5.41) is 5.08. The number of primary sulfonamides is 1. The highest BCUT2D eigenvalue weighted by molar-refractivity contribution is 7.89.